The minimum Gasteiger partial charge on any atom is -0.419 e. The molecule has 7 nitrogen and oxygen atoms in total. The highest BCUT2D eigenvalue weighted by Gasteiger charge is 2.21. The van der Waals surface area contributed by atoms with Gasteiger partial charge >= 0.3 is 0 Å². The molecule has 0 aliphatic rings. The van der Waals surface area contributed by atoms with E-state index >= 15 is 0 Å². The van der Waals surface area contributed by atoms with Gasteiger partial charge in [-0.3, -0.25) is 4.79 Å². The Morgan fingerprint density at radius 2 is 1.86 bits per heavy atom. The molecule has 3 rings (SSSR count). The maximum atomic E-state index is 11.1. The van der Waals surface area contributed by atoms with E-state index in [0.29, 0.717) is 28.8 Å². The van der Waals surface area contributed by atoms with Crippen molar-refractivity contribution in [2.24, 2.45) is 5.73 Å². The van der Waals surface area contributed by atoms with Crippen molar-refractivity contribution in [2.45, 2.75) is 13.8 Å². The number of aromatic nitrogens is 3. The number of primary amides is 1. The molecule has 2 aromatic heterocycles. The van der Waals surface area contributed by atoms with Crippen LogP contribution in [0.5, 0.6) is 0 Å². The van der Waals surface area contributed by atoms with E-state index in [9.17, 15) is 4.79 Å². The van der Waals surface area contributed by atoms with Crippen LogP contribution in [-0.2, 0) is 0 Å². The second-order valence-corrected chi connectivity index (χ2v) is 4.53. The molecule has 0 bridgehead atoms. The van der Waals surface area contributed by atoms with Crippen LogP contribution in [0.25, 0.3) is 22.7 Å². The summed E-state index contributed by atoms with van der Waals surface area (Å²) < 4.78 is 10.6. The Balaban J connectivity index is 2.10. The highest BCUT2D eigenvalue weighted by Crippen LogP contribution is 2.33. The second kappa shape index (κ2) is 4.86. The predicted molar refractivity (Wildman–Crippen MR) is 73.2 cm³/mol. The Morgan fingerprint density at radius 3 is 2.43 bits per heavy atom. The number of aryl methyl sites for hydroxylation is 2. The summed E-state index contributed by atoms with van der Waals surface area (Å²) in [6.45, 7) is 3.49. The summed E-state index contributed by atoms with van der Waals surface area (Å²) in [5, 5.41) is 11.7. The minimum absolute atomic E-state index is 0.290. The standard InChI is InChI=1S/C14H12N4O3/c1-7-11(9-3-5-10(6-4-9)13(15)19)12(18-21-7)14-17-16-8(2)20-14/h3-6H,1-2H3,(H2,15,19). The van der Waals surface area contributed by atoms with Gasteiger partial charge in [0.05, 0.1) is 5.56 Å². The average molecular weight is 284 g/mol. The van der Waals surface area contributed by atoms with Crippen molar-refractivity contribution < 1.29 is 13.7 Å². The van der Waals surface area contributed by atoms with E-state index in [4.69, 9.17) is 14.7 Å². The van der Waals surface area contributed by atoms with Crippen LogP contribution in [0.4, 0.5) is 0 Å². The number of benzene rings is 1. The lowest BCUT2D eigenvalue weighted by Crippen LogP contribution is -2.10. The lowest BCUT2D eigenvalue weighted by molar-refractivity contribution is 0.100. The fraction of sp³-hybridized carbons (Fsp3) is 0.143. The van der Waals surface area contributed by atoms with Gasteiger partial charge in [-0.05, 0) is 24.6 Å². The van der Waals surface area contributed by atoms with Crippen LogP contribution in [0, 0.1) is 13.8 Å². The van der Waals surface area contributed by atoms with Gasteiger partial charge in [-0.15, -0.1) is 10.2 Å². The number of rotatable bonds is 3. The van der Waals surface area contributed by atoms with Gasteiger partial charge in [-0.25, -0.2) is 0 Å². The van der Waals surface area contributed by atoms with E-state index in [1.807, 2.05) is 0 Å². The summed E-state index contributed by atoms with van der Waals surface area (Å²) in [5.41, 5.74) is 7.71. The van der Waals surface area contributed by atoms with Gasteiger partial charge in [0.25, 0.3) is 5.89 Å². The molecule has 3 aromatic rings. The smallest absolute Gasteiger partial charge is 0.270 e. The third-order valence-electron chi connectivity index (χ3n) is 3.05. The molecule has 0 saturated carbocycles. The fourth-order valence-electron chi connectivity index (χ4n) is 2.05. The lowest BCUT2D eigenvalue weighted by Gasteiger charge is -2.01. The molecular weight excluding hydrogens is 272 g/mol. The van der Waals surface area contributed by atoms with E-state index in [-0.39, 0.29) is 0 Å². The number of carbonyl (C=O) groups is 1. The Kier molecular flexibility index (Phi) is 3.02. The molecule has 2 heterocycles. The van der Waals surface area contributed by atoms with Crippen molar-refractivity contribution in [1.82, 2.24) is 15.4 Å². The van der Waals surface area contributed by atoms with Gasteiger partial charge in [0.2, 0.25) is 11.8 Å². The highest BCUT2D eigenvalue weighted by atomic mass is 16.5. The molecule has 1 amide bonds. The molecule has 1 aromatic carbocycles. The van der Waals surface area contributed by atoms with Gasteiger partial charge in [0, 0.05) is 12.5 Å². The first-order chi connectivity index (χ1) is 10.1. The topological polar surface area (TPSA) is 108 Å². The minimum atomic E-state index is -0.476. The Hall–Kier alpha value is -2.96. The molecule has 0 fully saturated rings. The summed E-state index contributed by atoms with van der Waals surface area (Å²) in [6, 6.07) is 6.83. The van der Waals surface area contributed by atoms with E-state index in [1.165, 1.54) is 0 Å². The molecule has 0 saturated heterocycles. The first kappa shape index (κ1) is 13.0. The number of carbonyl (C=O) groups excluding carboxylic acids is 1. The first-order valence-electron chi connectivity index (χ1n) is 6.23. The van der Waals surface area contributed by atoms with E-state index in [2.05, 4.69) is 15.4 Å². The Bertz CT molecular complexity index is 802. The Morgan fingerprint density at radius 1 is 1.14 bits per heavy atom. The summed E-state index contributed by atoms with van der Waals surface area (Å²) in [6.07, 6.45) is 0. The molecule has 0 spiro atoms. The molecule has 0 aliphatic carbocycles. The van der Waals surface area contributed by atoms with Gasteiger partial charge in [0.15, 0.2) is 5.69 Å². The maximum Gasteiger partial charge on any atom is 0.270 e. The predicted octanol–water partition coefficient (Wildman–Crippen LogP) is 2.11. The molecule has 106 valence electrons. The zero-order chi connectivity index (χ0) is 15.0. The highest BCUT2D eigenvalue weighted by molar-refractivity contribution is 5.93. The lowest BCUT2D eigenvalue weighted by atomic mass is 10.0. The number of amides is 1. The number of nitrogens with two attached hydrogens (primary N) is 1. The Labute approximate surface area is 119 Å². The summed E-state index contributed by atoms with van der Waals surface area (Å²) in [4.78, 5) is 11.1. The largest absolute Gasteiger partial charge is 0.419 e. The molecular formula is C14H12N4O3. The molecule has 21 heavy (non-hydrogen) atoms. The van der Waals surface area contributed by atoms with Crippen LogP contribution < -0.4 is 5.73 Å². The fourth-order valence-corrected chi connectivity index (χ4v) is 2.05. The van der Waals surface area contributed by atoms with Crippen LogP contribution in [-0.4, -0.2) is 21.3 Å². The summed E-state index contributed by atoms with van der Waals surface area (Å²) in [5.74, 6) is 0.878. The third kappa shape index (κ3) is 2.29. The van der Waals surface area contributed by atoms with Crippen LogP contribution >= 0.6 is 0 Å². The van der Waals surface area contributed by atoms with Crippen molar-refractivity contribution in [2.75, 3.05) is 0 Å². The zero-order valence-electron chi connectivity index (χ0n) is 11.5. The molecule has 7 heteroatoms. The SMILES string of the molecule is Cc1nnc(-c2noc(C)c2-c2ccc(C(N)=O)cc2)o1. The molecule has 0 atom stereocenters. The van der Waals surface area contributed by atoms with Crippen molar-refractivity contribution >= 4 is 5.91 Å². The number of nitrogens with zero attached hydrogens (tertiary/aromatic N) is 3. The van der Waals surface area contributed by atoms with Crippen molar-refractivity contribution in [3.63, 3.8) is 0 Å². The first-order valence-corrected chi connectivity index (χ1v) is 6.23. The molecule has 0 unspecified atom stereocenters. The zero-order valence-corrected chi connectivity index (χ0v) is 11.5. The van der Waals surface area contributed by atoms with Crippen LogP contribution in [0.2, 0.25) is 0 Å². The summed E-state index contributed by atoms with van der Waals surface area (Å²) in [7, 11) is 0. The number of hydrogen-bond donors (Lipinski definition) is 1. The monoisotopic (exact) mass is 284 g/mol. The van der Waals surface area contributed by atoms with Crippen molar-refractivity contribution in [3.05, 3.63) is 41.5 Å². The number of hydrogen-bond acceptors (Lipinski definition) is 6. The van der Waals surface area contributed by atoms with E-state index in [1.54, 1.807) is 38.1 Å². The third-order valence-corrected chi connectivity index (χ3v) is 3.05. The quantitative estimate of drug-likeness (QED) is 0.789. The van der Waals surface area contributed by atoms with Crippen LogP contribution in [0.15, 0.2) is 33.2 Å². The summed E-state index contributed by atoms with van der Waals surface area (Å²) >= 11 is 0. The van der Waals surface area contributed by atoms with Crippen molar-refractivity contribution in [1.29, 1.82) is 0 Å². The average Bonchev–Trinajstić information content (AvgIpc) is 3.05. The van der Waals surface area contributed by atoms with Crippen molar-refractivity contribution in [3.8, 4) is 22.7 Å². The van der Waals surface area contributed by atoms with E-state index < -0.39 is 5.91 Å². The van der Waals surface area contributed by atoms with Gasteiger partial charge in [-0.2, -0.15) is 0 Å². The molecule has 2 N–H and O–H groups in total. The van der Waals surface area contributed by atoms with Gasteiger partial charge < -0.3 is 14.7 Å². The normalized spacial score (nSPS) is 10.8. The second-order valence-electron chi connectivity index (χ2n) is 4.53. The van der Waals surface area contributed by atoms with Gasteiger partial charge in [-0.1, -0.05) is 17.3 Å². The van der Waals surface area contributed by atoms with E-state index in [0.717, 1.165) is 11.1 Å². The maximum absolute atomic E-state index is 11.1. The van der Waals surface area contributed by atoms with Crippen LogP contribution in [0.1, 0.15) is 22.0 Å². The van der Waals surface area contributed by atoms with Gasteiger partial charge in [0.1, 0.15) is 5.76 Å². The molecule has 0 aliphatic heterocycles. The van der Waals surface area contributed by atoms with Crippen LogP contribution in [0.3, 0.4) is 0 Å². The molecule has 0 radical (unpaired) electrons.